The molecule has 2 rings (SSSR count). The van der Waals surface area contributed by atoms with Gasteiger partial charge in [0.25, 0.3) is 5.91 Å². The van der Waals surface area contributed by atoms with Gasteiger partial charge in [0.15, 0.2) is 6.54 Å². The third kappa shape index (κ3) is 3.15. The number of aromatic nitrogens is 2. The molecule has 1 heterocycles. The molecule has 5 nitrogen and oxygen atoms in total. The van der Waals surface area contributed by atoms with Crippen LogP contribution in [0.1, 0.15) is 5.56 Å². The summed E-state index contributed by atoms with van der Waals surface area (Å²) in [7, 11) is 0. The Morgan fingerprint density at radius 3 is 2.82 bits per heavy atom. The van der Waals surface area contributed by atoms with Gasteiger partial charge in [-0.25, -0.2) is 15.0 Å². The SMILES string of the molecule is NNC(=O)Cn1cc[n+](Cc2ccccc2)c1. The van der Waals surface area contributed by atoms with E-state index in [-0.39, 0.29) is 12.5 Å². The number of rotatable bonds is 4. The summed E-state index contributed by atoms with van der Waals surface area (Å²) in [6, 6.07) is 10.1. The van der Waals surface area contributed by atoms with Crippen LogP contribution in [-0.4, -0.2) is 10.5 Å². The van der Waals surface area contributed by atoms with Crippen LogP contribution >= 0.6 is 0 Å². The topological polar surface area (TPSA) is 63.9 Å². The summed E-state index contributed by atoms with van der Waals surface area (Å²) in [6.45, 7) is 1.02. The van der Waals surface area contributed by atoms with Gasteiger partial charge in [0, 0.05) is 0 Å². The van der Waals surface area contributed by atoms with Gasteiger partial charge in [0.2, 0.25) is 6.33 Å². The number of hydrogen-bond acceptors (Lipinski definition) is 2. The minimum atomic E-state index is -0.215. The summed E-state index contributed by atoms with van der Waals surface area (Å²) >= 11 is 0. The number of nitrogens with zero attached hydrogens (tertiary/aromatic N) is 2. The van der Waals surface area contributed by atoms with E-state index in [1.54, 1.807) is 4.57 Å². The van der Waals surface area contributed by atoms with E-state index in [0.29, 0.717) is 0 Å². The molecule has 17 heavy (non-hydrogen) atoms. The number of amides is 1. The zero-order chi connectivity index (χ0) is 12.1. The molecule has 0 aliphatic rings. The normalized spacial score (nSPS) is 10.2. The van der Waals surface area contributed by atoms with E-state index in [9.17, 15) is 4.79 Å². The Labute approximate surface area is 99.5 Å². The Bertz CT molecular complexity index is 492. The second-order valence-electron chi connectivity index (χ2n) is 3.81. The number of nitrogens with two attached hydrogens (primary N) is 1. The molecular formula is C12H15N4O+. The fourth-order valence-electron chi connectivity index (χ4n) is 1.63. The van der Waals surface area contributed by atoms with Gasteiger partial charge in [-0.15, -0.1) is 0 Å². The predicted molar refractivity (Wildman–Crippen MR) is 62.5 cm³/mol. The average molecular weight is 231 g/mol. The highest BCUT2D eigenvalue weighted by Gasteiger charge is 2.07. The maximum absolute atomic E-state index is 11.1. The van der Waals surface area contributed by atoms with Gasteiger partial charge in [-0.3, -0.25) is 10.2 Å². The third-order valence-electron chi connectivity index (χ3n) is 2.44. The van der Waals surface area contributed by atoms with Crippen molar-refractivity contribution < 1.29 is 9.36 Å². The van der Waals surface area contributed by atoms with Crippen LogP contribution in [0, 0.1) is 0 Å². The number of nitrogens with one attached hydrogen (secondary N) is 1. The Balaban J connectivity index is 2.01. The number of carbonyl (C=O) groups excluding carboxylic acids is 1. The number of imidazole rings is 1. The van der Waals surface area contributed by atoms with Gasteiger partial charge in [-0.2, -0.15) is 0 Å². The molecule has 0 radical (unpaired) electrons. The Kier molecular flexibility index (Phi) is 3.52. The lowest BCUT2D eigenvalue weighted by Crippen LogP contribution is -2.34. The molecule has 0 unspecified atom stereocenters. The summed E-state index contributed by atoms with van der Waals surface area (Å²) in [5.74, 6) is 4.82. The molecule has 5 heteroatoms. The summed E-state index contributed by atoms with van der Waals surface area (Å²) < 4.78 is 3.80. The van der Waals surface area contributed by atoms with E-state index < -0.39 is 0 Å². The summed E-state index contributed by atoms with van der Waals surface area (Å²) in [5, 5.41) is 0. The average Bonchev–Trinajstić information content (AvgIpc) is 2.77. The standard InChI is InChI=1S/C12H14N4O/c13-14-12(17)9-16-7-6-15(10-16)8-11-4-2-1-3-5-11/h1-7,10H,8-9,13H2/p+1. The summed E-state index contributed by atoms with van der Waals surface area (Å²) in [6.07, 6.45) is 5.65. The molecule has 0 fully saturated rings. The highest BCUT2D eigenvalue weighted by Crippen LogP contribution is 1.97. The summed E-state index contributed by atoms with van der Waals surface area (Å²) in [4.78, 5) is 11.1. The lowest BCUT2D eigenvalue weighted by atomic mass is 10.2. The van der Waals surface area contributed by atoms with Gasteiger partial charge < -0.3 is 0 Å². The van der Waals surface area contributed by atoms with Crippen LogP contribution in [0.2, 0.25) is 0 Å². The Hall–Kier alpha value is -2.14. The first-order valence-corrected chi connectivity index (χ1v) is 5.36. The predicted octanol–water partition coefficient (Wildman–Crippen LogP) is -0.186. The zero-order valence-electron chi connectivity index (χ0n) is 9.41. The van der Waals surface area contributed by atoms with Gasteiger partial charge in [-0.1, -0.05) is 30.3 Å². The van der Waals surface area contributed by atoms with Crippen LogP contribution in [0.25, 0.3) is 0 Å². The largest absolute Gasteiger partial charge is 0.291 e. The smallest absolute Gasteiger partial charge is 0.276 e. The lowest BCUT2D eigenvalue weighted by Gasteiger charge is -1.97. The van der Waals surface area contributed by atoms with Crippen LogP contribution in [0.15, 0.2) is 49.1 Å². The molecule has 0 aliphatic heterocycles. The second-order valence-corrected chi connectivity index (χ2v) is 3.81. The minimum Gasteiger partial charge on any atom is -0.291 e. The number of hydrazine groups is 1. The molecule has 2 aromatic rings. The van der Waals surface area contributed by atoms with Crippen LogP contribution < -0.4 is 15.8 Å². The number of hydrogen-bond donors (Lipinski definition) is 2. The van der Waals surface area contributed by atoms with E-state index in [4.69, 9.17) is 5.84 Å². The third-order valence-corrected chi connectivity index (χ3v) is 2.44. The van der Waals surface area contributed by atoms with Crippen molar-refractivity contribution in [3.8, 4) is 0 Å². The lowest BCUT2D eigenvalue weighted by molar-refractivity contribution is -0.687. The van der Waals surface area contributed by atoms with Crippen molar-refractivity contribution in [1.29, 1.82) is 0 Å². The fraction of sp³-hybridized carbons (Fsp3) is 0.167. The molecular weight excluding hydrogens is 216 g/mol. The van der Waals surface area contributed by atoms with Crippen LogP contribution in [0.4, 0.5) is 0 Å². The van der Waals surface area contributed by atoms with Crippen molar-refractivity contribution in [2.24, 2.45) is 5.84 Å². The first kappa shape index (κ1) is 11.3. The molecule has 1 amide bonds. The van der Waals surface area contributed by atoms with E-state index in [2.05, 4.69) is 17.6 Å². The first-order valence-electron chi connectivity index (χ1n) is 5.36. The van der Waals surface area contributed by atoms with E-state index >= 15 is 0 Å². The van der Waals surface area contributed by atoms with Gasteiger partial charge >= 0.3 is 0 Å². The summed E-state index contributed by atoms with van der Waals surface area (Å²) in [5.41, 5.74) is 3.32. The molecule has 0 bridgehead atoms. The Morgan fingerprint density at radius 2 is 2.12 bits per heavy atom. The monoisotopic (exact) mass is 231 g/mol. The quantitative estimate of drug-likeness (QED) is 0.332. The molecule has 0 saturated heterocycles. The van der Waals surface area contributed by atoms with Crippen molar-refractivity contribution >= 4 is 5.91 Å². The van der Waals surface area contributed by atoms with Crippen LogP contribution in [0.5, 0.6) is 0 Å². The molecule has 0 spiro atoms. The van der Waals surface area contributed by atoms with Crippen molar-refractivity contribution in [1.82, 2.24) is 9.99 Å². The number of benzene rings is 1. The molecule has 0 atom stereocenters. The van der Waals surface area contributed by atoms with Gasteiger partial charge in [0.05, 0.1) is 0 Å². The Morgan fingerprint density at radius 1 is 1.35 bits per heavy atom. The zero-order valence-corrected chi connectivity index (χ0v) is 9.41. The maximum atomic E-state index is 11.1. The van der Waals surface area contributed by atoms with Crippen LogP contribution in [-0.2, 0) is 17.9 Å². The van der Waals surface area contributed by atoms with Gasteiger partial charge in [0.1, 0.15) is 18.9 Å². The highest BCUT2D eigenvalue weighted by molar-refractivity contribution is 5.74. The molecule has 88 valence electrons. The fourth-order valence-corrected chi connectivity index (χ4v) is 1.63. The molecule has 1 aromatic carbocycles. The van der Waals surface area contributed by atoms with E-state index in [1.807, 2.05) is 41.5 Å². The van der Waals surface area contributed by atoms with Crippen molar-refractivity contribution in [2.75, 3.05) is 0 Å². The van der Waals surface area contributed by atoms with Gasteiger partial charge in [-0.05, 0) is 5.56 Å². The highest BCUT2D eigenvalue weighted by atomic mass is 16.2. The number of carbonyl (C=O) groups is 1. The first-order chi connectivity index (χ1) is 8.28. The maximum Gasteiger partial charge on any atom is 0.276 e. The van der Waals surface area contributed by atoms with E-state index in [1.165, 1.54) is 5.56 Å². The van der Waals surface area contributed by atoms with Crippen LogP contribution in [0.3, 0.4) is 0 Å². The van der Waals surface area contributed by atoms with Crippen molar-refractivity contribution in [2.45, 2.75) is 13.1 Å². The second kappa shape index (κ2) is 5.27. The van der Waals surface area contributed by atoms with Crippen molar-refractivity contribution in [3.63, 3.8) is 0 Å². The molecule has 3 N–H and O–H groups in total. The molecule has 0 aliphatic carbocycles. The minimum absolute atomic E-state index is 0.215. The molecule has 1 aromatic heterocycles. The molecule has 0 saturated carbocycles. The van der Waals surface area contributed by atoms with Crippen molar-refractivity contribution in [3.05, 3.63) is 54.6 Å². The van der Waals surface area contributed by atoms with E-state index in [0.717, 1.165) is 6.54 Å².